The topological polar surface area (TPSA) is 47.0 Å². The van der Waals surface area contributed by atoms with E-state index in [-0.39, 0.29) is 0 Å². The Morgan fingerprint density at radius 2 is 2.06 bits per heavy atom. The van der Waals surface area contributed by atoms with Crippen LogP contribution in [0.4, 0.5) is 5.82 Å². The molecule has 0 unspecified atom stereocenters. The third-order valence-corrected chi connectivity index (χ3v) is 2.88. The van der Waals surface area contributed by atoms with E-state index in [4.69, 9.17) is 4.74 Å². The molecule has 0 aliphatic rings. The first-order valence-corrected chi connectivity index (χ1v) is 6.79. The lowest BCUT2D eigenvalue weighted by molar-refractivity contribution is 0.456. The molecule has 0 amide bonds. The van der Waals surface area contributed by atoms with Gasteiger partial charge in [-0.2, -0.15) is 4.98 Å². The van der Waals surface area contributed by atoms with E-state index in [0.29, 0.717) is 11.0 Å². The highest BCUT2D eigenvalue weighted by Gasteiger charge is 2.05. The van der Waals surface area contributed by atoms with Crippen LogP contribution >= 0.6 is 11.8 Å². The Labute approximate surface area is 111 Å². The minimum Gasteiger partial charge on any atom is -0.439 e. The predicted molar refractivity (Wildman–Crippen MR) is 74.6 cm³/mol. The lowest BCUT2D eigenvalue weighted by Gasteiger charge is -2.08. The smallest absolute Gasteiger partial charge is 0.225 e. The lowest BCUT2D eigenvalue weighted by Crippen LogP contribution is -1.98. The van der Waals surface area contributed by atoms with Gasteiger partial charge in [-0.15, -0.1) is 0 Å². The highest BCUT2D eigenvalue weighted by molar-refractivity contribution is 7.98. The maximum atomic E-state index is 5.74. The highest BCUT2D eigenvalue weighted by atomic mass is 32.2. The molecule has 18 heavy (non-hydrogen) atoms. The summed E-state index contributed by atoms with van der Waals surface area (Å²) in [4.78, 5) is 8.60. The van der Waals surface area contributed by atoms with Crippen LogP contribution in [-0.4, -0.2) is 23.3 Å². The molecule has 1 aromatic heterocycles. The molecule has 4 nitrogen and oxygen atoms in total. The number of aromatic nitrogens is 2. The maximum Gasteiger partial charge on any atom is 0.225 e. The van der Waals surface area contributed by atoms with Gasteiger partial charge in [0.05, 0.1) is 0 Å². The van der Waals surface area contributed by atoms with E-state index >= 15 is 0 Å². The molecule has 0 radical (unpaired) electrons. The molecule has 5 heteroatoms. The molecular weight excluding hydrogens is 246 g/mol. The summed E-state index contributed by atoms with van der Waals surface area (Å²) in [6, 6.07) is 9.65. The van der Waals surface area contributed by atoms with Crippen molar-refractivity contribution in [3.63, 3.8) is 0 Å². The van der Waals surface area contributed by atoms with Crippen molar-refractivity contribution in [3.05, 3.63) is 35.9 Å². The fraction of sp³-hybridized carbons (Fsp3) is 0.231. The Balaban J connectivity index is 2.28. The second-order valence-electron chi connectivity index (χ2n) is 3.75. The summed E-state index contributed by atoms with van der Waals surface area (Å²) in [5, 5.41) is 3.68. The minimum absolute atomic E-state index is 0.546. The quantitative estimate of drug-likeness (QED) is 0.675. The van der Waals surface area contributed by atoms with Gasteiger partial charge in [-0.3, -0.25) is 0 Å². The molecule has 94 valence electrons. The number of rotatable bonds is 4. The van der Waals surface area contributed by atoms with Crippen LogP contribution in [0.1, 0.15) is 5.56 Å². The fourth-order valence-electron chi connectivity index (χ4n) is 1.48. The zero-order valence-electron chi connectivity index (χ0n) is 10.6. The van der Waals surface area contributed by atoms with Crippen LogP contribution in [0.15, 0.2) is 35.5 Å². The van der Waals surface area contributed by atoms with Gasteiger partial charge in [-0.1, -0.05) is 23.9 Å². The van der Waals surface area contributed by atoms with E-state index in [9.17, 15) is 0 Å². The Morgan fingerprint density at radius 1 is 1.22 bits per heavy atom. The molecule has 1 aromatic carbocycles. The number of benzene rings is 1. The van der Waals surface area contributed by atoms with Crippen LogP contribution in [0.25, 0.3) is 0 Å². The van der Waals surface area contributed by atoms with Gasteiger partial charge in [0.2, 0.25) is 5.88 Å². The van der Waals surface area contributed by atoms with E-state index < -0.39 is 0 Å². The van der Waals surface area contributed by atoms with Crippen molar-refractivity contribution in [1.82, 2.24) is 9.97 Å². The molecule has 0 aliphatic heterocycles. The predicted octanol–water partition coefficient (Wildman–Crippen LogP) is 3.34. The number of nitrogens with one attached hydrogen (secondary N) is 1. The molecule has 0 saturated heterocycles. The molecule has 2 rings (SSSR count). The summed E-state index contributed by atoms with van der Waals surface area (Å²) >= 11 is 1.48. The summed E-state index contributed by atoms with van der Waals surface area (Å²) in [6.45, 7) is 2.03. The van der Waals surface area contributed by atoms with Crippen molar-refractivity contribution in [2.24, 2.45) is 0 Å². The van der Waals surface area contributed by atoms with Crippen LogP contribution < -0.4 is 10.1 Å². The highest BCUT2D eigenvalue weighted by Crippen LogP contribution is 2.24. The first-order valence-electron chi connectivity index (χ1n) is 5.56. The van der Waals surface area contributed by atoms with Crippen LogP contribution in [0.3, 0.4) is 0 Å². The summed E-state index contributed by atoms with van der Waals surface area (Å²) in [5.41, 5.74) is 1.15. The molecule has 2 aromatic rings. The summed E-state index contributed by atoms with van der Waals surface area (Å²) in [6.07, 6.45) is 1.94. The Kier molecular flexibility index (Phi) is 4.04. The van der Waals surface area contributed by atoms with Gasteiger partial charge in [0, 0.05) is 13.1 Å². The molecule has 1 N–H and O–H groups in total. The maximum absolute atomic E-state index is 5.74. The molecule has 0 atom stereocenters. The largest absolute Gasteiger partial charge is 0.439 e. The zero-order valence-corrected chi connectivity index (χ0v) is 11.4. The van der Waals surface area contributed by atoms with Crippen LogP contribution in [-0.2, 0) is 0 Å². The molecule has 1 heterocycles. The molecule has 0 fully saturated rings. The number of anilines is 1. The fourth-order valence-corrected chi connectivity index (χ4v) is 1.85. The molecule has 0 saturated carbocycles. The molecule has 0 bridgehead atoms. The second kappa shape index (κ2) is 5.73. The first-order chi connectivity index (χ1) is 8.71. The first kappa shape index (κ1) is 12.7. The summed E-state index contributed by atoms with van der Waals surface area (Å²) in [5.74, 6) is 2.07. The van der Waals surface area contributed by atoms with Gasteiger partial charge in [-0.05, 0) is 30.9 Å². The summed E-state index contributed by atoms with van der Waals surface area (Å²) in [7, 11) is 1.82. The van der Waals surface area contributed by atoms with E-state index in [2.05, 4.69) is 15.3 Å². The van der Waals surface area contributed by atoms with Crippen LogP contribution in [0.2, 0.25) is 0 Å². The van der Waals surface area contributed by atoms with Gasteiger partial charge in [0.15, 0.2) is 5.16 Å². The van der Waals surface area contributed by atoms with Crippen molar-refractivity contribution in [3.8, 4) is 11.6 Å². The van der Waals surface area contributed by atoms with Crippen molar-refractivity contribution in [2.75, 3.05) is 18.6 Å². The van der Waals surface area contributed by atoms with E-state index in [1.165, 1.54) is 11.8 Å². The normalized spacial score (nSPS) is 10.2. The van der Waals surface area contributed by atoms with Crippen molar-refractivity contribution in [1.29, 1.82) is 0 Å². The second-order valence-corrected chi connectivity index (χ2v) is 4.52. The SMILES string of the molecule is CNc1cc(Oc2cccc(C)c2)nc(SC)n1. The molecular formula is C13H15N3OS. The Morgan fingerprint density at radius 3 is 2.72 bits per heavy atom. The van der Waals surface area contributed by atoms with Crippen LogP contribution in [0.5, 0.6) is 11.6 Å². The van der Waals surface area contributed by atoms with E-state index in [1.807, 2.05) is 44.5 Å². The van der Waals surface area contributed by atoms with Crippen molar-refractivity contribution < 1.29 is 4.74 Å². The average Bonchev–Trinajstić information content (AvgIpc) is 2.38. The third kappa shape index (κ3) is 3.13. The standard InChI is InChI=1S/C13H15N3OS/c1-9-5-4-6-10(7-9)17-12-8-11(14-2)15-13(16-12)18-3/h4-8H,1-3H3,(H,14,15,16). The number of hydrogen-bond acceptors (Lipinski definition) is 5. The average molecular weight is 261 g/mol. The van der Waals surface area contributed by atoms with E-state index in [1.54, 1.807) is 6.07 Å². The monoisotopic (exact) mass is 261 g/mol. The molecule has 0 spiro atoms. The van der Waals surface area contributed by atoms with E-state index in [0.717, 1.165) is 17.1 Å². The molecule has 0 aliphatic carbocycles. The van der Waals surface area contributed by atoms with Gasteiger partial charge in [-0.25, -0.2) is 4.98 Å². The minimum atomic E-state index is 0.546. The van der Waals surface area contributed by atoms with Crippen molar-refractivity contribution in [2.45, 2.75) is 12.1 Å². The number of ether oxygens (including phenoxy) is 1. The number of aryl methyl sites for hydroxylation is 1. The number of thioether (sulfide) groups is 1. The lowest BCUT2D eigenvalue weighted by atomic mass is 10.2. The zero-order chi connectivity index (χ0) is 13.0. The van der Waals surface area contributed by atoms with Gasteiger partial charge in [0.1, 0.15) is 11.6 Å². The summed E-state index contributed by atoms with van der Waals surface area (Å²) < 4.78 is 5.74. The van der Waals surface area contributed by atoms with Gasteiger partial charge in [0.25, 0.3) is 0 Å². The van der Waals surface area contributed by atoms with Crippen LogP contribution in [0, 0.1) is 6.92 Å². The van der Waals surface area contributed by atoms with Gasteiger partial charge >= 0.3 is 0 Å². The van der Waals surface area contributed by atoms with Crippen molar-refractivity contribution >= 4 is 17.6 Å². The number of nitrogens with zero attached hydrogens (tertiary/aromatic N) is 2. The number of hydrogen-bond donors (Lipinski definition) is 1. The third-order valence-electron chi connectivity index (χ3n) is 2.33. The Hall–Kier alpha value is -1.75. The van der Waals surface area contributed by atoms with Gasteiger partial charge < -0.3 is 10.1 Å². The Bertz CT molecular complexity index is 523.